The lowest BCUT2D eigenvalue weighted by atomic mass is 9.55. The van der Waals surface area contributed by atoms with Gasteiger partial charge in [-0.15, -0.1) is 0 Å². The lowest BCUT2D eigenvalue weighted by Gasteiger charge is -2.49. The van der Waals surface area contributed by atoms with Crippen molar-refractivity contribution in [1.29, 1.82) is 0 Å². The number of pyridine rings is 1. The minimum absolute atomic E-state index is 0.0719. The maximum Gasteiger partial charge on any atom is 0.416 e. The van der Waals surface area contributed by atoms with Crippen molar-refractivity contribution in [1.82, 2.24) is 10.3 Å². The van der Waals surface area contributed by atoms with Gasteiger partial charge < -0.3 is 14.8 Å². The SMILES string of the molecule is C[C@H]1OC(=O)[C@@H]2C[C@@H]3C[C@]4(CC[C@H]3[C@H](/C=C/c3ccc(-c5cccc(C(F)(F)F)c5)cn3)[C@H]12)CNC(=O)O4. The van der Waals surface area contributed by atoms with Crippen molar-refractivity contribution in [3.05, 3.63) is 59.9 Å². The van der Waals surface area contributed by atoms with Crippen LogP contribution in [-0.4, -0.2) is 35.3 Å². The molecule has 6 rings (SSSR count). The minimum atomic E-state index is -4.40. The molecule has 7 atom stereocenters. The zero-order valence-electron chi connectivity index (χ0n) is 20.9. The van der Waals surface area contributed by atoms with E-state index < -0.39 is 17.3 Å². The van der Waals surface area contributed by atoms with Crippen molar-refractivity contribution in [3.8, 4) is 11.1 Å². The maximum atomic E-state index is 13.1. The Bertz CT molecular complexity index is 1280. The number of aromatic nitrogens is 1. The summed E-state index contributed by atoms with van der Waals surface area (Å²) < 4.78 is 50.7. The van der Waals surface area contributed by atoms with E-state index in [0.717, 1.165) is 37.8 Å². The molecular formula is C29H29F3N2O4. The van der Waals surface area contributed by atoms with E-state index in [1.165, 1.54) is 6.07 Å². The highest BCUT2D eigenvalue weighted by Crippen LogP contribution is 2.56. The highest BCUT2D eigenvalue weighted by Gasteiger charge is 2.57. The Morgan fingerprint density at radius 1 is 1.16 bits per heavy atom. The number of amides is 1. The Morgan fingerprint density at radius 2 is 2.00 bits per heavy atom. The van der Waals surface area contributed by atoms with Gasteiger partial charge in [-0.2, -0.15) is 13.2 Å². The van der Waals surface area contributed by atoms with Crippen LogP contribution in [0.5, 0.6) is 0 Å². The second-order valence-electron chi connectivity index (χ2n) is 11.1. The third-order valence-electron chi connectivity index (χ3n) is 8.94. The van der Waals surface area contributed by atoms with Gasteiger partial charge in [0.1, 0.15) is 11.7 Å². The van der Waals surface area contributed by atoms with Crippen molar-refractivity contribution in [2.75, 3.05) is 6.54 Å². The maximum absolute atomic E-state index is 13.1. The first-order valence-corrected chi connectivity index (χ1v) is 13.1. The molecule has 0 bridgehead atoms. The van der Waals surface area contributed by atoms with Gasteiger partial charge in [0, 0.05) is 17.7 Å². The van der Waals surface area contributed by atoms with Gasteiger partial charge in [0.15, 0.2) is 0 Å². The zero-order valence-corrected chi connectivity index (χ0v) is 20.9. The summed E-state index contributed by atoms with van der Waals surface area (Å²) in [6.45, 7) is 2.46. The Hall–Kier alpha value is -3.36. The van der Waals surface area contributed by atoms with E-state index in [0.29, 0.717) is 29.3 Å². The number of fused-ring (bicyclic) bond motifs is 2. The van der Waals surface area contributed by atoms with Crippen molar-refractivity contribution >= 4 is 18.1 Å². The summed E-state index contributed by atoms with van der Waals surface area (Å²) in [5.41, 5.74) is 0.564. The molecule has 1 aromatic heterocycles. The number of esters is 1. The molecule has 2 aromatic rings. The number of hydrogen-bond acceptors (Lipinski definition) is 5. The van der Waals surface area contributed by atoms with Gasteiger partial charge in [-0.05, 0) is 80.2 Å². The van der Waals surface area contributed by atoms with Gasteiger partial charge in [-0.25, -0.2) is 4.79 Å². The number of alkyl halides is 3. The first kappa shape index (κ1) is 24.9. The van der Waals surface area contributed by atoms with E-state index >= 15 is 0 Å². The average molecular weight is 527 g/mol. The number of cyclic esters (lactones) is 1. The van der Waals surface area contributed by atoms with Crippen LogP contribution in [0.2, 0.25) is 0 Å². The summed E-state index contributed by atoms with van der Waals surface area (Å²) in [5, 5.41) is 2.79. The smallest absolute Gasteiger partial charge is 0.416 e. The fraction of sp³-hybridized carbons (Fsp3) is 0.483. The number of alkyl carbamates (subject to hydrolysis) is 1. The number of allylic oxidation sites excluding steroid dienone is 1. The quantitative estimate of drug-likeness (QED) is 0.506. The Labute approximate surface area is 218 Å². The molecule has 200 valence electrons. The van der Waals surface area contributed by atoms with Gasteiger partial charge in [0.25, 0.3) is 0 Å². The van der Waals surface area contributed by atoms with Crippen molar-refractivity contribution in [3.63, 3.8) is 0 Å². The third-order valence-corrected chi connectivity index (χ3v) is 8.94. The molecule has 4 fully saturated rings. The first-order chi connectivity index (χ1) is 18.1. The van der Waals surface area contributed by atoms with Gasteiger partial charge in [-0.3, -0.25) is 9.78 Å². The summed E-state index contributed by atoms with van der Waals surface area (Å²) in [7, 11) is 0. The lowest BCUT2D eigenvalue weighted by Crippen LogP contribution is -2.49. The summed E-state index contributed by atoms with van der Waals surface area (Å²) >= 11 is 0. The topological polar surface area (TPSA) is 77.5 Å². The third kappa shape index (κ3) is 4.46. The molecular weight excluding hydrogens is 497 g/mol. The summed E-state index contributed by atoms with van der Waals surface area (Å²) in [4.78, 5) is 29.0. The second kappa shape index (κ2) is 9.13. The molecule has 2 aliphatic carbocycles. The van der Waals surface area contributed by atoms with Crippen LogP contribution in [0.4, 0.5) is 18.0 Å². The van der Waals surface area contributed by atoms with Crippen LogP contribution in [-0.2, 0) is 20.4 Å². The van der Waals surface area contributed by atoms with Crippen LogP contribution in [0.1, 0.15) is 43.9 Å². The summed E-state index contributed by atoms with van der Waals surface area (Å²) in [6.07, 6.45) is 3.84. The minimum Gasteiger partial charge on any atom is -0.462 e. The first-order valence-electron chi connectivity index (χ1n) is 13.1. The average Bonchev–Trinajstić information content (AvgIpc) is 3.39. The number of nitrogens with zero attached hydrogens (tertiary/aromatic N) is 1. The highest BCUT2D eigenvalue weighted by atomic mass is 19.4. The molecule has 2 saturated carbocycles. The van der Waals surface area contributed by atoms with Gasteiger partial charge >= 0.3 is 18.2 Å². The van der Waals surface area contributed by atoms with Gasteiger partial charge in [0.2, 0.25) is 0 Å². The molecule has 1 amide bonds. The summed E-state index contributed by atoms with van der Waals surface area (Å²) in [5.74, 6) is 0.414. The van der Waals surface area contributed by atoms with Gasteiger partial charge in [-0.1, -0.05) is 24.3 Å². The molecule has 6 nitrogen and oxygen atoms in total. The van der Waals surface area contributed by atoms with Crippen molar-refractivity contribution < 1.29 is 32.2 Å². The van der Waals surface area contributed by atoms with Crippen molar-refractivity contribution in [2.45, 2.75) is 50.5 Å². The number of nitrogens with one attached hydrogen (secondary N) is 1. The van der Waals surface area contributed by atoms with Crippen LogP contribution < -0.4 is 5.32 Å². The van der Waals surface area contributed by atoms with E-state index in [2.05, 4.69) is 16.4 Å². The molecule has 0 radical (unpaired) electrons. The predicted octanol–water partition coefficient (Wildman–Crippen LogP) is 5.87. The lowest BCUT2D eigenvalue weighted by molar-refractivity contribution is -0.145. The molecule has 2 saturated heterocycles. The number of carbonyl (C=O) groups is 2. The fourth-order valence-corrected chi connectivity index (χ4v) is 7.23. The van der Waals surface area contributed by atoms with Crippen molar-refractivity contribution in [2.24, 2.45) is 29.6 Å². The molecule has 38 heavy (non-hydrogen) atoms. The molecule has 1 spiro atoms. The Kier molecular flexibility index (Phi) is 6.00. The van der Waals surface area contributed by atoms with E-state index in [-0.39, 0.29) is 41.8 Å². The molecule has 4 aliphatic rings. The largest absolute Gasteiger partial charge is 0.462 e. The Balaban J connectivity index is 1.24. The van der Waals surface area contributed by atoms with Gasteiger partial charge in [0.05, 0.1) is 23.7 Å². The predicted molar refractivity (Wildman–Crippen MR) is 132 cm³/mol. The molecule has 2 aliphatic heterocycles. The van der Waals surface area contributed by atoms with Crippen LogP contribution in [0.3, 0.4) is 0 Å². The molecule has 3 heterocycles. The number of rotatable bonds is 3. The van der Waals surface area contributed by atoms with E-state index in [1.54, 1.807) is 24.4 Å². The fourth-order valence-electron chi connectivity index (χ4n) is 7.23. The molecule has 1 aromatic carbocycles. The van der Waals surface area contributed by atoms with E-state index in [9.17, 15) is 22.8 Å². The van der Waals surface area contributed by atoms with Crippen LogP contribution in [0.15, 0.2) is 48.7 Å². The Morgan fingerprint density at radius 3 is 2.71 bits per heavy atom. The number of hydrogen-bond donors (Lipinski definition) is 1. The van der Waals surface area contributed by atoms with E-state index in [4.69, 9.17) is 9.47 Å². The standard InChI is InChI=1S/C29H29F3N2O4/c1-16-25-23(8-7-21-6-5-18(14-33-21)17-3-2-4-20(11-17)29(30,31)32)22-9-10-28(15-34-27(36)38-28)13-19(22)12-24(25)26(35)37-16/h2-8,11,14,16,19,22-25H,9-10,12-13,15H2,1H3,(H,34,36)/b8-7+/t16-,19-,22-,23+,24-,25+,28-/m1/s1. The number of ether oxygens (including phenoxy) is 2. The monoisotopic (exact) mass is 526 g/mol. The highest BCUT2D eigenvalue weighted by molar-refractivity contribution is 5.76. The van der Waals surface area contributed by atoms with Crippen LogP contribution in [0.25, 0.3) is 17.2 Å². The number of halogens is 3. The zero-order chi connectivity index (χ0) is 26.7. The second-order valence-corrected chi connectivity index (χ2v) is 11.1. The molecule has 9 heteroatoms. The van der Waals surface area contributed by atoms with Crippen LogP contribution in [0, 0.1) is 29.6 Å². The number of benzene rings is 1. The molecule has 0 unspecified atom stereocenters. The normalized spacial score (nSPS) is 34.5. The number of carbonyl (C=O) groups excluding carboxylic acids is 2. The van der Waals surface area contributed by atoms with E-state index in [1.807, 2.05) is 13.0 Å². The van der Waals surface area contributed by atoms with Crippen LogP contribution >= 0.6 is 0 Å². The summed E-state index contributed by atoms with van der Waals surface area (Å²) in [6, 6.07) is 8.77. The molecule has 1 N–H and O–H groups in total.